The van der Waals surface area contributed by atoms with Crippen LogP contribution in [0, 0.1) is 0 Å². The SMILES string of the molecule is CSc1cc(SC)c(SC)c(SC)c1. The highest BCUT2D eigenvalue weighted by molar-refractivity contribution is 8.03. The first kappa shape index (κ1) is 12.7. The largest absolute Gasteiger partial charge is 0.130 e. The Kier molecular flexibility index (Phi) is 5.67. The van der Waals surface area contributed by atoms with Crippen LogP contribution in [0.1, 0.15) is 0 Å². The highest BCUT2D eigenvalue weighted by atomic mass is 32.2. The first-order valence-electron chi connectivity index (χ1n) is 4.10. The minimum Gasteiger partial charge on any atom is -0.130 e. The third-order valence-electron chi connectivity index (χ3n) is 1.87. The molecule has 0 atom stereocenters. The average Bonchev–Trinajstić information content (AvgIpc) is 2.26. The van der Waals surface area contributed by atoms with Crippen molar-refractivity contribution in [2.24, 2.45) is 0 Å². The van der Waals surface area contributed by atoms with Crippen LogP contribution >= 0.6 is 47.0 Å². The zero-order valence-electron chi connectivity index (χ0n) is 8.79. The van der Waals surface area contributed by atoms with Gasteiger partial charge in [0, 0.05) is 19.6 Å². The fourth-order valence-electron chi connectivity index (χ4n) is 1.17. The Hall–Kier alpha value is 0.620. The lowest BCUT2D eigenvalue weighted by molar-refractivity contribution is 1.08. The van der Waals surface area contributed by atoms with Gasteiger partial charge in [-0.25, -0.2) is 0 Å². The van der Waals surface area contributed by atoms with Crippen molar-refractivity contribution in [1.29, 1.82) is 0 Å². The molecule has 0 unspecified atom stereocenters. The molecule has 0 N–H and O–H groups in total. The van der Waals surface area contributed by atoms with Crippen LogP contribution in [-0.2, 0) is 0 Å². The summed E-state index contributed by atoms with van der Waals surface area (Å²) < 4.78 is 0. The fourth-order valence-corrected chi connectivity index (χ4v) is 4.46. The summed E-state index contributed by atoms with van der Waals surface area (Å²) in [6.45, 7) is 0. The first-order valence-corrected chi connectivity index (χ1v) is 9.00. The molecule has 0 aliphatic heterocycles. The van der Waals surface area contributed by atoms with Gasteiger partial charge in [0.05, 0.1) is 0 Å². The smallest absolute Gasteiger partial charge is 0.0342 e. The van der Waals surface area contributed by atoms with Gasteiger partial charge in [-0.15, -0.1) is 47.0 Å². The maximum atomic E-state index is 2.28. The van der Waals surface area contributed by atoms with E-state index in [0.717, 1.165) is 0 Å². The Morgan fingerprint density at radius 2 is 1.21 bits per heavy atom. The zero-order chi connectivity index (χ0) is 10.6. The third-order valence-corrected chi connectivity index (χ3v) is 5.21. The van der Waals surface area contributed by atoms with E-state index in [1.807, 2.05) is 47.0 Å². The van der Waals surface area contributed by atoms with Gasteiger partial charge in [0.15, 0.2) is 0 Å². The monoisotopic (exact) mass is 262 g/mol. The molecular weight excluding hydrogens is 248 g/mol. The van der Waals surface area contributed by atoms with E-state index in [2.05, 4.69) is 37.2 Å². The van der Waals surface area contributed by atoms with Crippen molar-refractivity contribution in [2.75, 3.05) is 25.0 Å². The molecule has 0 fully saturated rings. The summed E-state index contributed by atoms with van der Waals surface area (Å²) in [6.07, 6.45) is 8.56. The number of hydrogen-bond acceptors (Lipinski definition) is 4. The topological polar surface area (TPSA) is 0 Å². The summed E-state index contributed by atoms with van der Waals surface area (Å²) in [7, 11) is 0. The van der Waals surface area contributed by atoms with Crippen LogP contribution < -0.4 is 0 Å². The molecule has 0 aliphatic rings. The second-order valence-electron chi connectivity index (χ2n) is 2.57. The van der Waals surface area contributed by atoms with Crippen molar-refractivity contribution in [3.63, 3.8) is 0 Å². The zero-order valence-corrected chi connectivity index (χ0v) is 12.1. The van der Waals surface area contributed by atoms with Crippen LogP contribution in [0.15, 0.2) is 31.7 Å². The van der Waals surface area contributed by atoms with Gasteiger partial charge in [-0.05, 0) is 37.2 Å². The average molecular weight is 262 g/mol. The Labute approximate surface area is 103 Å². The summed E-state index contributed by atoms with van der Waals surface area (Å²) in [5.74, 6) is 0. The summed E-state index contributed by atoms with van der Waals surface area (Å²) in [5, 5.41) is 0. The summed E-state index contributed by atoms with van der Waals surface area (Å²) in [5.41, 5.74) is 0. The number of hydrogen-bond donors (Lipinski definition) is 0. The molecule has 4 heteroatoms. The molecule has 1 aromatic carbocycles. The summed E-state index contributed by atoms with van der Waals surface area (Å²) >= 11 is 7.31. The maximum Gasteiger partial charge on any atom is 0.0342 e. The Bertz CT molecular complexity index is 284. The van der Waals surface area contributed by atoms with E-state index in [0.29, 0.717) is 0 Å². The molecule has 0 saturated carbocycles. The third kappa shape index (κ3) is 2.81. The molecule has 0 saturated heterocycles. The molecule has 0 radical (unpaired) electrons. The van der Waals surface area contributed by atoms with Gasteiger partial charge in [-0.1, -0.05) is 0 Å². The van der Waals surface area contributed by atoms with Gasteiger partial charge < -0.3 is 0 Å². The molecule has 78 valence electrons. The van der Waals surface area contributed by atoms with Gasteiger partial charge >= 0.3 is 0 Å². The maximum absolute atomic E-state index is 2.28. The predicted molar refractivity (Wildman–Crippen MR) is 73.6 cm³/mol. The van der Waals surface area contributed by atoms with E-state index in [1.165, 1.54) is 19.6 Å². The van der Waals surface area contributed by atoms with Crippen molar-refractivity contribution >= 4 is 47.0 Å². The van der Waals surface area contributed by atoms with Crippen LogP contribution in [0.4, 0.5) is 0 Å². The van der Waals surface area contributed by atoms with Crippen molar-refractivity contribution in [2.45, 2.75) is 19.6 Å². The normalized spacial score (nSPS) is 10.6. The van der Waals surface area contributed by atoms with E-state index >= 15 is 0 Å². The molecule has 0 nitrogen and oxygen atoms in total. The first-order chi connectivity index (χ1) is 6.76. The Morgan fingerprint density at radius 3 is 1.50 bits per heavy atom. The van der Waals surface area contributed by atoms with Crippen molar-refractivity contribution < 1.29 is 0 Å². The minimum absolute atomic E-state index is 1.36. The Balaban J connectivity index is 3.24. The van der Waals surface area contributed by atoms with Gasteiger partial charge in [0.2, 0.25) is 0 Å². The van der Waals surface area contributed by atoms with Crippen LogP contribution in [0.25, 0.3) is 0 Å². The van der Waals surface area contributed by atoms with Crippen molar-refractivity contribution in [3.8, 4) is 0 Å². The molecule has 0 spiro atoms. The molecule has 1 rings (SSSR count). The fraction of sp³-hybridized carbons (Fsp3) is 0.400. The minimum atomic E-state index is 1.36. The molecule has 0 aliphatic carbocycles. The summed E-state index contributed by atoms with van der Waals surface area (Å²) in [4.78, 5) is 5.57. The quantitative estimate of drug-likeness (QED) is 0.728. The second kappa shape index (κ2) is 6.26. The van der Waals surface area contributed by atoms with Gasteiger partial charge in [0.1, 0.15) is 0 Å². The van der Waals surface area contributed by atoms with Crippen LogP contribution in [0.5, 0.6) is 0 Å². The summed E-state index contributed by atoms with van der Waals surface area (Å²) in [6, 6.07) is 4.56. The lowest BCUT2D eigenvalue weighted by Crippen LogP contribution is -1.84. The van der Waals surface area contributed by atoms with Crippen LogP contribution in [-0.4, -0.2) is 25.0 Å². The number of rotatable bonds is 4. The van der Waals surface area contributed by atoms with Crippen molar-refractivity contribution in [3.05, 3.63) is 12.1 Å². The van der Waals surface area contributed by atoms with E-state index < -0.39 is 0 Å². The second-order valence-corrected chi connectivity index (χ2v) is 5.96. The van der Waals surface area contributed by atoms with Gasteiger partial charge in [0.25, 0.3) is 0 Å². The standard InChI is InChI=1S/C10H14S4/c1-11-7-5-8(12-2)10(14-4)9(6-7)13-3/h5-6H,1-4H3. The molecule has 0 amide bonds. The predicted octanol–water partition coefficient (Wildman–Crippen LogP) is 4.57. The van der Waals surface area contributed by atoms with E-state index in [9.17, 15) is 0 Å². The molecular formula is C10H14S4. The highest BCUT2D eigenvalue weighted by Gasteiger charge is 2.08. The lowest BCUT2D eigenvalue weighted by atomic mass is 10.3. The number of benzene rings is 1. The molecule has 0 aromatic heterocycles. The van der Waals surface area contributed by atoms with Gasteiger partial charge in [-0.3, -0.25) is 0 Å². The van der Waals surface area contributed by atoms with Crippen molar-refractivity contribution in [1.82, 2.24) is 0 Å². The molecule has 0 heterocycles. The Morgan fingerprint density at radius 1 is 0.714 bits per heavy atom. The lowest BCUT2D eigenvalue weighted by Gasteiger charge is -2.11. The van der Waals surface area contributed by atoms with Crippen LogP contribution in [0.2, 0.25) is 0 Å². The molecule has 0 bridgehead atoms. The van der Waals surface area contributed by atoms with E-state index in [4.69, 9.17) is 0 Å². The molecule has 1 aromatic rings. The number of thioether (sulfide) groups is 4. The highest BCUT2D eigenvalue weighted by Crippen LogP contribution is 2.38. The molecule has 14 heavy (non-hydrogen) atoms. The van der Waals surface area contributed by atoms with Gasteiger partial charge in [-0.2, -0.15) is 0 Å². The van der Waals surface area contributed by atoms with E-state index in [-0.39, 0.29) is 0 Å². The van der Waals surface area contributed by atoms with E-state index in [1.54, 1.807) is 0 Å². The van der Waals surface area contributed by atoms with Crippen LogP contribution in [0.3, 0.4) is 0 Å².